The topological polar surface area (TPSA) is 70.5 Å². The molecule has 0 fully saturated rings. The number of nitrogens with zero attached hydrogens (tertiary/aromatic N) is 2. The number of hydrogen-bond acceptors (Lipinski definition) is 4. The number of pyridine rings is 1. The second-order valence-corrected chi connectivity index (χ2v) is 3.62. The molecule has 84 valence electrons. The Labute approximate surface area is 92.7 Å². The SMILES string of the molecule is CC[C@@H](CO)N1C(=O)c2cccnc2C1=O. The minimum atomic E-state index is -0.464. The third-order valence-corrected chi connectivity index (χ3v) is 2.73. The van der Waals surface area contributed by atoms with E-state index in [9.17, 15) is 9.59 Å². The predicted molar refractivity (Wildman–Crippen MR) is 55.9 cm³/mol. The van der Waals surface area contributed by atoms with E-state index < -0.39 is 11.9 Å². The third-order valence-electron chi connectivity index (χ3n) is 2.73. The van der Waals surface area contributed by atoms with Crippen molar-refractivity contribution in [2.24, 2.45) is 0 Å². The lowest BCUT2D eigenvalue weighted by atomic mass is 10.2. The van der Waals surface area contributed by atoms with Gasteiger partial charge in [0, 0.05) is 6.20 Å². The van der Waals surface area contributed by atoms with E-state index in [-0.39, 0.29) is 18.2 Å². The quantitative estimate of drug-likeness (QED) is 0.751. The first kappa shape index (κ1) is 10.8. The van der Waals surface area contributed by atoms with Crippen molar-refractivity contribution in [3.63, 3.8) is 0 Å². The summed E-state index contributed by atoms with van der Waals surface area (Å²) in [6, 6.07) is 2.73. The number of fused-ring (bicyclic) bond motifs is 1. The van der Waals surface area contributed by atoms with E-state index in [4.69, 9.17) is 5.11 Å². The molecule has 0 radical (unpaired) electrons. The molecule has 0 bridgehead atoms. The van der Waals surface area contributed by atoms with E-state index in [2.05, 4.69) is 4.98 Å². The van der Waals surface area contributed by atoms with Crippen LogP contribution in [0.5, 0.6) is 0 Å². The van der Waals surface area contributed by atoms with Gasteiger partial charge in [-0.1, -0.05) is 6.92 Å². The molecule has 1 atom stereocenters. The molecule has 1 aromatic heterocycles. The second-order valence-electron chi connectivity index (χ2n) is 3.62. The number of aliphatic hydroxyl groups is 1. The van der Waals surface area contributed by atoms with E-state index in [1.165, 1.54) is 6.20 Å². The van der Waals surface area contributed by atoms with Crippen LogP contribution >= 0.6 is 0 Å². The molecule has 0 saturated heterocycles. The van der Waals surface area contributed by atoms with E-state index in [0.29, 0.717) is 12.0 Å². The molecule has 1 aliphatic heterocycles. The first-order valence-electron chi connectivity index (χ1n) is 5.14. The molecule has 5 heteroatoms. The van der Waals surface area contributed by atoms with E-state index in [1.807, 2.05) is 6.92 Å². The van der Waals surface area contributed by atoms with Gasteiger partial charge in [0.15, 0.2) is 0 Å². The molecule has 0 spiro atoms. The van der Waals surface area contributed by atoms with E-state index in [1.54, 1.807) is 12.1 Å². The standard InChI is InChI=1S/C11H12N2O3/c1-2-7(6-14)13-10(15)8-4-3-5-12-9(8)11(13)16/h3-5,7,14H,2,6H2,1H3/t7-/m0/s1. The Morgan fingerprint density at radius 2 is 2.19 bits per heavy atom. The summed E-state index contributed by atoms with van der Waals surface area (Å²) in [5, 5.41) is 9.13. The molecule has 0 saturated carbocycles. The summed E-state index contributed by atoms with van der Waals surface area (Å²) in [6.45, 7) is 1.60. The van der Waals surface area contributed by atoms with Gasteiger partial charge < -0.3 is 5.11 Å². The van der Waals surface area contributed by atoms with Crippen LogP contribution in [-0.2, 0) is 0 Å². The number of aromatic nitrogens is 1. The Balaban J connectivity index is 2.42. The maximum Gasteiger partial charge on any atom is 0.280 e. The average Bonchev–Trinajstić information content (AvgIpc) is 2.57. The van der Waals surface area contributed by atoms with Gasteiger partial charge in [-0.05, 0) is 18.6 Å². The molecule has 16 heavy (non-hydrogen) atoms. The van der Waals surface area contributed by atoms with Crippen LogP contribution in [0.2, 0.25) is 0 Å². The fourth-order valence-corrected chi connectivity index (χ4v) is 1.81. The fourth-order valence-electron chi connectivity index (χ4n) is 1.81. The zero-order valence-corrected chi connectivity index (χ0v) is 8.88. The van der Waals surface area contributed by atoms with Crippen molar-refractivity contribution in [3.8, 4) is 0 Å². The third kappa shape index (κ3) is 1.40. The molecule has 0 aromatic carbocycles. The van der Waals surface area contributed by atoms with Gasteiger partial charge in [0.2, 0.25) is 0 Å². The van der Waals surface area contributed by atoms with Gasteiger partial charge in [0.1, 0.15) is 5.69 Å². The van der Waals surface area contributed by atoms with Gasteiger partial charge in [-0.15, -0.1) is 0 Å². The summed E-state index contributed by atoms with van der Waals surface area (Å²) in [6.07, 6.45) is 2.01. The lowest BCUT2D eigenvalue weighted by Crippen LogP contribution is -2.41. The highest BCUT2D eigenvalue weighted by Crippen LogP contribution is 2.23. The summed E-state index contributed by atoms with van der Waals surface area (Å²) in [4.78, 5) is 28.8. The predicted octanol–water partition coefficient (Wildman–Crippen LogP) is 0.449. The molecular weight excluding hydrogens is 208 g/mol. The minimum absolute atomic E-state index is 0.180. The number of rotatable bonds is 3. The van der Waals surface area contributed by atoms with Crippen molar-refractivity contribution in [1.82, 2.24) is 9.88 Å². The van der Waals surface area contributed by atoms with Crippen LogP contribution in [-0.4, -0.2) is 39.5 Å². The molecule has 0 unspecified atom stereocenters. The van der Waals surface area contributed by atoms with Crippen LogP contribution in [0.25, 0.3) is 0 Å². The summed E-state index contributed by atoms with van der Waals surface area (Å²) in [5.74, 6) is -0.782. The van der Waals surface area contributed by atoms with Crippen LogP contribution in [0.3, 0.4) is 0 Å². The maximum absolute atomic E-state index is 11.9. The van der Waals surface area contributed by atoms with E-state index in [0.717, 1.165) is 4.90 Å². The summed E-state index contributed by atoms with van der Waals surface area (Å²) < 4.78 is 0. The molecule has 1 N–H and O–H groups in total. The van der Waals surface area contributed by atoms with Crippen LogP contribution in [0, 0.1) is 0 Å². The van der Waals surface area contributed by atoms with Gasteiger partial charge in [-0.2, -0.15) is 0 Å². The van der Waals surface area contributed by atoms with Gasteiger partial charge in [0.25, 0.3) is 11.8 Å². The molecule has 2 amide bonds. The molecular formula is C11H12N2O3. The Morgan fingerprint density at radius 1 is 1.44 bits per heavy atom. The van der Waals surface area contributed by atoms with Crippen molar-refractivity contribution < 1.29 is 14.7 Å². The normalized spacial score (nSPS) is 16.5. The van der Waals surface area contributed by atoms with Gasteiger partial charge in [0.05, 0.1) is 18.2 Å². The number of imide groups is 1. The van der Waals surface area contributed by atoms with Crippen molar-refractivity contribution in [2.75, 3.05) is 6.61 Å². The number of amides is 2. The molecule has 1 aliphatic rings. The largest absolute Gasteiger partial charge is 0.394 e. The Bertz CT molecular complexity index is 406. The maximum atomic E-state index is 11.9. The number of aliphatic hydroxyl groups excluding tert-OH is 1. The van der Waals surface area contributed by atoms with Gasteiger partial charge in [-0.3, -0.25) is 19.5 Å². The van der Waals surface area contributed by atoms with Crippen LogP contribution in [0.1, 0.15) is 34.2 Å². The molecule has 1 aromatic rings. The van der Waals surface area contributed by atoms with Gasteiger partial charge >= 0.3 is 0 Å². The Hall–Kier alpha value is -1.75. The molecule has 2 heterocycles. The smallest absolute Gasteiger partial charge is 0.280 e. The number of carbonyl (C=O) groups is 2. The number of hydrogen-bond donors (Lipinski definition) is 1. The van der Waals surface area contributed by atoms with Crippen molar-refractivity contribution >= 4 is 11.8 Å². The average molecular weight is 220 g/mol. The summed E-state index contributed by atoms with van der Waals surface area (Å²) in [5.41, 5.74) is 0.499. The lowest BCUT2D eigenvalue weighted by molar-refractivity contribution is 0.0509. The Morgan fingerprint density at radius 3 is 2.75 bits per heavy atom. The van der Waals surface area contributed by atoms with Crippen LogP contribution in [0.15, 0.2) is 18.3 Å². The monoisotopic (exact) mass is 220 g/mol. The van der Waals surface area contributed by atoms with Gasteiger partial charge in [-0.25, -0.2) is 0 Å². The lowest BCUT2D eigenvalue weighted by Gasteiger charge is -2.22. The highest BCUT2D eigenvalue weighted by Gasteiger charge is 2.39. The molecule has 0 aliphatic carbocycles. The summed E-state index contributed by atoms with van der Waals surface area (Å²) >= 11 is 0. The Kier molecular flexibility index (Phi) is 2.70. The van der Waals surface area contributed by atoms with Crippen molar-refractivity contribution in [3.05, 3.63) is 29.6 Å². The molecule has 5 nitrogen and oxygen atoms in total. The minimum Gasteiger partial charge on any atom is -0.394 e. The molecule has 2 rings (SSSR count). The number of carbonyl (C=O) groups excluding carboxylic acids is 2. The van der Waals surface area contributed by atoms with Crippen LogP contribution in [0.4, 0.5) is 0 Å². The second kappa shape index (κ2) is 4.02. The summed E-state index contributed by atoms with van der Waals surface area (Å²) in [7, 11) is 0. The van der Waals surface area contributed by atoms with Crippen molar-refractivity contribution in [2.45, 2.75) is 19.4 Å². The first-order valence-corrected chi connectivity index (χ1v) is 5.14. The fraction of sp³-hybridized carbons (Fsp3) is 0.364. The van der Waals surface area contributed by atoms with Crippen LogP contribution < -0.4 is 0 Å². The highest BCUT2D eigenvalue weighted by atomic mass is 16.3. The highest BCUT2D eigenvalue weighted by molar-refractivity contribution is 6.20. The van der Waals surface area contributed by atoms with Crippen molar-refractivity contribution in [1.29, 1.82) is 0 Å². The first-order chi connectivity index (χ1) is 7.70. The zero-order chi connectivity index (χ0) is 11.7. The zero-order valence-electron chi connectivity index (χ0n) is 8.88. The van der Waals surface area contributed by atoms with E-state index >= 15 is 0 Å².